The molecule has 1 atom stereocenters. The fourth-order valence-electron chi connectivity index (χ4n) is 2.03. The summed E-state index contributed by atoms with van der Waals surface area (Å²) in [7, 11) is 0. The van der Waals surface area contributed by atoms with Crippen LogP contribution in [-0.4, -0.2) is 21.9 Å². The molecule has 13 heavy (non-hydrogen) atoms. The van der Waals surface area contributed by atoms with E-state index < -0.39 is 11.7 Å². The second-order valence-electron chi connectivity index (χ2n) is 4.91. The second-order valence-corrected chi connectivity index (χ2v) is 4.91. The highest BCUT2D eigenvalue weighted by molar-refractivity contribution is 4.80. The quantitative estimate of drug-likeness (QED) is 0.708. The zero-order valence-electron chi connectivity index (χ0n) is 8.79. The van der Waals surface area contributed by atoms with E-state index in [2.05, 4.69) is 0 Å². The number of aliphatic hydroxyl groups excluding tert-OH is 1. The van der Waals surface area contributed by atoms with Crippen molar-refractivity contribution in [3.05, 3.63) is 0 Å². The standard InChI is InChI=1S/C11H22O2/c1-11(2,13)10(12)8-9-6-4-3-5-7-9/h9-10,12-13H,3-8H2,1-2H3. The van der Waals surface area contributed by atoms with Crippen LogP contribution in [0, 0.1) is 5.92 Å². The van der Waals surface area contributed by atoms with Gasteiger partial charge in [-0.2, -0.15) is 0 Å². The molecule has 0 aromatic carbocycles. The van der Waals surface area contributed by atoms with E-state index in [0.29, 0.717) is 5.92 Å². The fraction of sp³-hybridized carbons (Fsp3) is 1.00. The van der Waals surface area contributed by atoms with Crippen molar-refractivity contribution in [3.8, 4) is 0 Å². The highest BCUT2D eigenvalue weighted by atomic mass is 16.3. The number of hydrogen-bond donors (Lipinski definition) is 2. The van der Waals surface area contributed by atoms with E-state index in [0.717, 1.165) is 6.42 Å². The fourth-order valence-corrected chi connectivity index (χ4v) is 2.03. The third-order valence-corrected chi connectivity index (χ3v) is 3.10. The van der Waals surface area contributed by atoms with Gasteiger partial charge in [0.25, 0.3) is 0 Å². The lowest BCUT2D eigenvalue weighted by Crippen LogP contribution is -2.37. The van der Waals surface area contributed by atoms with Crippen molar-refractivity contribution in [2.24, 2.45) is 5.92 Å². The Bertz CT molecular complexity index is 143. The monoisotopic (exact) mass is 186 g/mol. The van der Waals surface area contributed by atoms with Gasteiger partial charge < -0.3 is 10.2 Å². The van der Waals surface area contributed by atoms with Gasteiger partial charge in [-0.3, -0.25) is 0 Å². The highest BCUT2D eigenvalue weighted by Crippen LogP contribution is 2.29. The minimum Gasteiger partial charge on any atom is -0.390 e. The van der Waals surface area contributed by atoms with Crippen LogP contribution in [0.1, 0.15) is 52.4 Å². The Kier molecular flexibility index (Phi) is 3.74. The SMILES string of the molecule is CC(C)(O)C(O)CC1CCCCC1. The molecule has 0 aromatic rings. The lowest BCUT2D eigenvalue weighted by molar-refractivity contribution is -0.0601. The number of rotatable bonds is 3. The van der Waals surface area contributed by atoms with Gasteiger partial charge in [-0.05, 0) is 26.2 Å². The summed E-state index contributed by atoms with van der Waals surface area (Å²) in [5, 5.41) is 19.3. The molecule has 0 heterocycles. The molecular weight excluding hydrogens is 164 g/mol. The van der Waals surface area contributed by atoms with Crippen molar-refractivity contribution in [2.45, 2.75) is 64.1 Å². The molecule has 0 amide bonds. The molecule has 0 bridgehead atoms. The van der Waals surface area contributed by atoms with Crippen molar-refractivity contribution < 1.29 is 10.2 Å². The maximum absolute atomic E-state index is 9.69. The third kappa shape index (κ3) is 3.65. The molecule has 2 N–H and O–H groups in total. The first kappa shape index (κ1) is 11.0. The second kappa shape index (κ2) is 4.43. The highest BCUT2D eigenvalue weighted by Gasteiger charge is 2.27. The van der Waals surface area contributed by atoms with Crippen LogP contribution in [0.3, 0.4) is 0 Å². The van der Waals surface area contributed by atoms with Gasteiger partial charge >= 0.3 is 0 Å². The zero-order valence-corrected chi connectivity index (χ0v) is 8.79. The topological polar surface area (TPSA) is 40.5 Å². The Balaban J connectivity index is 2.30. The molecule has 0 saturated heterocycles. The molecule has 1 rings (SSSR count). The first-order valence-corrected chi connectivity index (χ1v) is 5.40. The lowest BCUT2D eigenvalue weighted by atomic mass is 9.82. The molecule has 1 unspecified atom stereocenters. The summed E-state index contributed by atoms with van der Waals surface area (Å²) in [6.45, 7) is 3.36. The van der Waals surface area contributed by atoms with Gasteiger partial charge in [-0.25, -0.2) is 0 Å². The summed E-state index contributed by atoms with van der Waals surface area (Å²) < 4.78 is 0. The number of aliphatic hydroxyl groups is 2. The molecule has 78 valence electrons. The first-order chi connectivity index (χ1) is 6.00. The predicted molar refractivity (Wildman–Crippen MR) is 53.5 cm³/mol. The van der Waals surface area contributed by atoms with Crippen molar-refractivity contribution in [2.75, 3.05) is 0 Å². The van der Waals surface area contributed by atoms with Crippen LogP contribution in [0.2, 0.25) is 0 Å². The normalized spacial score (nSPS) is 23.1. The summed E-state index contributed by atoms with van der Waals surface area (Å²) in [6.07, 6.45) is 6.60. The molecule has 0 aromatic heterocycles. The van der Waals surface area contributed by atoms with Gasteiger partial charge in [-0.1, -0.05) is 32.1 Å². The smallest absolute Gasteiger partial charge is 0.0849 e. The molecule has 0 radical (unpaired) electrons. The summed E-state index contributed by atoms with van der Waals surface area (Å²) in [4.78, 5) is 0. The summed E-state index contributed by atoms with van der Waals surface area (Å²) in [5.74, 6) is 0.634. The van der Waals surface area contributed by atoms with Gasteiger partial charge in [0, 0.05) is 0 Å². The van der Waals surface area contributed by atoms with E-state index in [1.54, 1.807) is 13.8 Å². The number of hydrogen-bond acceptors (Lipinski definition) is 2. The molecule has 1 aliphatic carbocycles. The first-order valence-electron chi connectivity index (χ1n) is 5.40. The van der Waals surface area contributed by atoms with E-state index in [9.17, 15) is 10.2 Å². The van der Waals surface area contributed by atoms with E-state index in [1.165, 1.54) is 32.1 Å². The maximum atomic E-state index is 9.69. The van der Waals surface area contributed by atoms with Gasteiger partial charge in [0.2, 0.25) is 0 Å². The Hall–Kier alpha value is -0.0800. The average molecular weight is 186 g/mol. The van der Waals surface area contributed by atoms with Crippen molar-refractivity contribution in [3.63, 3.8) is 0 Å². The van der Waals surface area contributed by atoms with Crippen LogP contribution in [0.15, 0.2) is 0 Å². The zero-order chi connectivity index (χ0) is 9.90. The largest absolute Gasteiger partial charge is 0.390 e. The van der Waals surface area contributed by atoms with Crippen LogP contribution in [0.25, 0.3) is 0 Å². The van der Waals surface area contributed by atoms with Gasteiger partial charge in [-0.15, -0.1) is 0 Å². The third-order valence-electron chi connectivity index (χ3n) is 3.10. The Morgan fingerprint density at radius 2 is 1.77 bits per heavy atom. The maximum Gasteiger partial charge on any atom is 0.0849 e. The van der Waals surface area contributed by atoms with Gasteiger partial charge in [0.05, 0.1) is 11.7 Å². The van der Waals surface area contributed by atoms with Gasteiger partial charge in [0.1, 0.15) is 0 Å². The van der Waals surface area contributed by atoms with Crippen molar-refractivity contribution in [1.29, 1.82) is 0 Å². The van der Waals surface area contributed by atoms with Crippen molar-refractivity contribution >= 4 is 0 Å². The van der Waals surface area contributed by atoms with Crippen molar-refractivity contribution in [1.82, 2.24) is 0 Å². The molecule has 0 spiro atoms. The molecule has 1 saturated carbocycles. The average Bonchev–Trinajstić information content (AvgIpc) is 2.04. The molecule has 1 aliphatic rings. The Morgan fingerprint density at radius 1 is 1.23 bits per heavy atom. The molecule has 2 nitrogen and oxygen atoms in total. The van der Waals surface area contributed by atoms with Crippen LogP contribution in [-0.2, 0) is 0 Å². The van der Waals surface area contributed by atoms with E-state index >= 15 is 0 Å². The van der Waals surface area contributed by atoms with Gasteiger partial charge in [0.15, 0.2) is 0 Å². The van der Waals surface area contributed by atoms with Crippen LogP contribution in [0.4, 0.5) is 0 Å². The molecule has 1 fully saturated rings. The minimum absolute atomic E-state index is 0.560. The van der Waals surface area contributed by atoms with E-state index in [1.807, 2.05) is 0 Å². The van der Waals surface area contributed by atoms with E-state index in [-0.39, 0.29) is 0 Å². The minimum atomic E-state index is -0.933. The molecule has 2 heteroatoms. The van der Waals surface area contributed by atoms with E-state index in [4.69, 9.17) is 0 Å². The Morgan fingerprint density at radius 3 is 2.23 bits per heavy atom. The summed E-state index contributed by atoms with van der Waals surface area (Å²) >= 11 is 0. The van der Waals surface area contributed by atoms with Crippen LogP contribution < -0.4 is 0 Å². The van der Waals surface area contributed by atoms with Crippen LogP contribution >= 0.6 is 0 Å². The molecular formula is C11H22O2. The van der Waals surface area contributed by atoms with Crippen LogP contribution in [0.5, 0.6) is 0 Å². The molecule has 0 aliphatic heterocycles. The summed E-state index contributed by atoms with van der Waals surface area (Å²) in [6, 6.07) is 0. The lowest BCUT2D eigenvalue weighted by Gasteiger charge is -2.30. The Labute approximate surface area is 81.0 Å². The summed E-state index contributed by atoms with van der Waals surface area (Å²) in [5.41, 5.74) is -0.933. The predicted octanol–water partition coefficient (Wildman–Crippen LogP) is 2.09.